The highest BCUT2D eigenvalue weighted by atomic mass is 32.3. The molecule has 0 aliphatic carbocycles. The highest BCUT2D eigenvalue weighted by Gasteiger charge is 2.18. The summed E-state index contributed by atoms with van der Waals surface area (Å²) in [6, 6.07) is 0. The Balaban J connectivity index is -0.000000291. The number of ether oxygens (including phenoxy) is 3. The van der Waals surface area contributed by atoms with Crippen molar-refractivity contribution < 1.29 is 41.6 Å². The van der Waals surface area contributed by atoms with Gasteiger partial charge in [0, 0.05) is 13.2 Å². The summed E-state index contributed by atoms with van der Waals surface area (Å²) in [6.07, 6.45) is 0. The molecule has 0 fully saturated rings. The predicted molar refractivity (Wildman–Crippen MR) is 90.4 cm³/mol. The van der Waals surface area contributed by atoms with Crippen molar-refractivity contribution in [2.45, 2.75) is 40.2 Å². The fourth-order valence-corrected chi connectivity index (χ4v) is 1.60. The minimum absolute atomic E-state index is 0.0417. The van der Waals surface area contributed by atoms with Crippen LogP contribution in [-0.4, -0.2) is 81.6 Å². The molecule has 0 spiro atoms. The molecule has 0 saturated heterocycles. The molecule has 0 amide bonds. The summed E-state index contributed by atoms with van der Waals surface area (Å²) in [5.41, 5.74) is -0.854. The van der Waals surface area contributed by atoms with Gasteiger partial charge in [-0.1, -0.05) is 0 Å². The van der Waals surface area contributed by atoms with Gasteiger partial charge in [0.1, 0.15) is 0 Å². The second-order valence-corrected chi connectivity index (χ2v) is 6.10. The van der Waals surface area contributed by atoms with Crippen molar-refractivity contribution >= 4 is 10.4 Å². The highest BCUT2D eigenvalue weighted by Crippen LogP contribution is 2.09. The molecule has 150 valence electrons. The van der Waals surface area contributed by atoms with Gasteiger partial charge in [-0.2, -0.15) is 8.42 Å². The van der Waals surface area contributed by atoms with Crippen molar-refractivity contribution in [2.75, 3.05) is 52.9 Å². The lowest BCUT2D eigenvalue weighted by Gasteiger charge is -2.14. The lowest BCUT2D eigenvalue weighted by molar-refractivity contribution is 0.0222. The largest absolute Gasteiger partial charge is 0.397 e. The quantitative estimate of drug-likeness (QED) is 0.370. The van der Waals surface area contributed by atoms with Crippen LogP contribution in [0.15, 0.2) is 0 Å². The van der Waals surface area contributed by atoms with Crippen molar-refractivity contribution in [2.24, 2.45) is 0 Å². The molecule has 0 aliphatic heterocycles. The van der Waals surface area contributed by atoms with Crippen LogP contribution in [0.4, 0.5) is 0 Å². The van der Waals surface area contributed by atoms with E-state index in [1.807, 2.05) is 13.8 Å². The molecule has 0 saturated carbocycles. The lowest BCUT2D eigenvalue weighted by Crippen LogP contribution is -2.23. The van der Waals surface area contributed by atoms with Gasteiger partial charge >= 0.3 is 10.4 Å². The Bertz CT molecular complexity index is 316. The van der Waals surface area contributed by atoms with Crippen molar-refractivity contribution in [1.82, 2.24) is 0 Å². The lowest BCUT2D eigenvalue weighted by atomic mass is 10.2. The van der Waals surface area contributed by atoms with E-state index in [4.69, 9.17) is 29.0 Å². The molecule has 0 aliphatic rings. The van der Waals surface area contributed by atoms with E-state index in [9.17, 15) is 8.42 Å². The second-order valence-electron chi connectivity index (χ2n) is 5.08. The van der Waals surface area contributed by atoms with Gasteiger partial charge in [0.15, 0.2) is 0 Å². The fraction of sp³-hybridized carbons (Fsp3) is 1.00. The molecule has 0 radical (unpaired) electrons. The highest BCUT2D eigenvalue weighted by molar-refractivity contribution is 7.80. The Hall–Kier alpha value is -0.330. The van der Waals surface area contributed by atoms with Gasteiger partial charge in [-0.15, -0.1) is 0 Å². The van der Waals surface area contributed by atoms with Crippen LogP contribution in [-0.2, 0) is 28.8 Å². The molecule has 10 heteroatoms. The van der Waals surface area contributed by atoms with E-state index in [0.29, 0.717) is 26.4 Å². The van der Waals surface area contributed by atoms with Gasteiger partial charge in [0.05, 0.1) is 45.2 Å². The molecule has 0 aromatic rings. The molecular formula is C14H34O9S. The number of aliphatic hydroxyl groups excluding tert-OH is 2. The summed E-state index contributed by atoms with van der Waals surface area (Å²) < 4.78 is 46.8. The third-order valence-electron chi connectivity index (χ3n) is 1.61. The van der Waals surface area contributed by atoms with Crippen LogP contribution in [0.2, 0.25) is 0 Å². The normalized spacial score (nSPS) is 11.2. The standard InChI is InChI=1S/C6H14O4.C4H10O4S.C4H10O/c7-1-3-9-5-6-10-4-2-8;1-4(2,3)8-9(5,6)7;1-3-5-4-2/h7-8H,1-6H2;1-3H3,(H,5,6,7);3-4H2,1-2H3. The average Bonchev–Trinajstić information content (AvgIpc) is 2.41. The molecule has 0 unspecified atom stereocenters. The van der Waals surface area contributed by atoms with Gasteiger partial charge in [0.2, 0.25) is 0 Å². The van der Waals surface area contributed by atoms with Crippen molar-refractivity contribution in [3.05, 3.63) is 0 Å². The Labute approximate surface area is 145 Å². The van der Waals surface area contributed by atoms with E-state index in [0.717, 1.165) is 13.2 Å². The molecule has 9 nitrogen and oxygen atoms in total. The van der Waals surface area contributed by atoms with Gasteiger partial charge < -0.3 is 24.4 Å². The summed E-state index contributed by atoms with van der Waals surface area (Å²) in [4.78, 5) is 0. The number of hydrogen-bond acceptors (Lipinski definition) is 8. The zero-order chi connectivity index (χ0) is 19.5. The van der Waals surface area contributed by atoms with Crippen molar-refractivity contribution in [3.8, 4) is 0 Å². The predicted octanol–water partition coefficient (Wildman–Crippen LogP) is 0.651. The molecule has 3 N–H and O–H groups in total. The number of hydrogen-bond donors (Lipinski definition) is 3. The van der Waals surface area contributed by atoms with E-state index >= 15 is 0 Å². The third-order valence-corrected chi connectivity index (χ3v) is 2.32. The molecule has 0 aromatic carbocycles. The van der Waals surface area contributed by atoms with E-state index < -0.39 is 16.0 Å². The Kier molecular flexibility index (Phi) is 22.5. The summed E-state index contributed by atoms with van der Waals surface area (Å²) in [6.45, 7) is 12.0. The van der Waals surface area contributed by atoms with Crippen LogP contribution < -0.4 is 0 Å². The van der Waals surface area contributed by atoms with Crippen molar-refractivity contribution in [3.63, 3.8) is 0 Å². The first-order valence-electron chi connectivity index (χ1n) is 7.67. The summed E-state index contributed by atoms with van der Waals surface area (Å²) in [5, 5.41) is 16.5. The summed E-state index contributed by atoms with van der Waals surface area (Å²) >= 11 is 0. The summed E-state index contributed by atoms with van der Waals surface area (Å²) in [5.74, 6) is 0. The fourth-order valence-electron chi connectivity index (χ4n) is 0.971. The van der Waals surface area contributed by atoms with Crippen LogP contribution in [0.3, 0.4) is 0 Å². The van der Waals surface area contributed by atoms with Gasteiger partial charge in [-0.3, -0.25) is 4.55 Å². The smallest absolute Gasteiger partial charge is 0.394 e. The van der Waals surface area contributed by atoms with E-state index in [1.165, 1.54) is 20.8 Å². The van der Waals surface area contributed by atoms with Crippen LogP contribution in [0, 0.1) is 0 Å². The molecule has 24 heavy (non-hydrogen) atoms. The Morgan fingerprint density at radius 1 is 0.792 bits per heavy atom. The maximum Gasteiger partial charge on any atom is 0.397 e. The minimum atomic E-state index is -4.28. The molecule has 0 aromatic heterocycles. The molecule has 0 atom stereocenters. The summed E-state index contributed by atoms with van der Waals surface area (Å²) in [7, 11) is -4.28. The Morgan fingerprint density at radius 2 is 1.17 bits per heavy atom. The van der Waals surface area contributed by atoms with Crippen molar-refractivity contribution in [1.29, 1.82) is 0 Å². The van der Waals surface area contributed by atoms with Crippen LogP contribution in [0.25, 0.3) is 0 Å². The van der Waals surface area contributed by atoms with Gasteiger partial charge in [0.25, 0.3) is 0 Å². The first-order chi connectivity index (χ1) is 11.0. The van der Waals surface area contributed by atoms with E-state index in [2.05, 4.69) is 4.18 Å². The average molecular weight is 378 g/mol. The number of rotatable bonds is 10. The minimum Gasteiger partial charge on any atom is -0.394 e. The van der Waals surface area contributed by atoms with E-state index in [-0.39, 0.29) is 13.2 Å². The number of aliphatic hydroxyl groups is 2. The topological polar surface area (TPSA) is 132 Å². The maximum absolute atomic E-state index is 9.98. The van der Waals surface area contributed by atoms with Crippen LogP contribution in [0.1, 0.15) is 34.6 Å². The monoisotopic (exact) mass is 378 g/mol. The SMILES string of the molecule is CC(C)(C)OS(=O)(=O)O.CCOCC.OCCOCCOCCO. The first kappa shape index (κ1) is 28.5. The molecule has 0 rings (SSSR count). The van der Waals surface area contributed by atoms with E-state index in [1.54, 1.807) is 0 Å². The van der Waals surface area contributed by atoms with Crippen LogP contribution >= 0.6 is 0 Å². The zero-order valence-electron chi connectivity index (χ0n) is 15.4. The van der Waals surface area contributed by atoms with Gasteiger partial charge in [-0.05, 0) is 34.6 Å². The molecule has 0 bridgehead atoms. The maximum atomic E-state index is 9.98. The molecular weight excluding hydrogens is 344 g/mol. The second kappa shape index (κ2) is 19.0. The van der Waals surface area contributed by atoms with Gasteiger partial charge in [-0.25, -0.2) is 4.18 Å². The van der Waals surface area contributed by atoms with Crippen LogP contribution in [0.5, 0.6) is 0 Å². The first-order valence-corrected chi connectivity index (χ1v) is 9.03. The Morgan fingerprint density at radius 3 is 1.29 bits per heavy atom. The molecule has 0 heterocycles. The zero-order valence-corrected chi connectivity index (χ0v) is 16.2. The third kappa shape index (κ3) is 43.0.